The van der Waals surface area contributed by atoms with E-state index in [1.807, 2.05) is 0 Å². The molecule has 8 heteroatoms. The number of hydrogen-bond acceptors (Lipinski definition) is 6. The molecule has 29 heavy (non-hydrogen) atoms. The number of aromatic amines is 1. The molecule has 1 aromatic carbocycles. The molecule has 0 saturated heterocycles. The number of rotatable bonds is 5. The lowest BCUT2D eigenvalue weighted by Crippen LogP contribution is -2.53. The van der Waals surface area contributed by atoms with E-state index in [9.17, 15) is 19.6 Å². The zero-order chi connectivity index (χ0) is 21.0. The highest BCUT2D eigenvalue weighted by Crippen LogP contribution is 2.32. The highest BCUT2D eigenvalue weighted by atomic mass is 16.5. The van der Waals surface area contributed by atoms with Gasteiger partial charge in [-0.1, -0.05) is 37.5 Å². The summed E-state index contributed by atoms with van der Waals surface area (Å²) in [5.74, 6) is -1.03. The van der Waals surface area contributed by atoms with Gasteiger partial charge in [0.05, 0.1) is 23.6 Å². The first-order valence-electron chi connectivity index (χ1n) is 9.73. The van der Waals surface area contributed by atoms with E-state index in [4.69, 9.17) is 4.74 Å². The highest BCUT2D eigenvalue weighted by Gasteiger charge is 2.40. The summed E-state index contributed by atoms with van der Waals surface area (Å²) < 4.78 is 5.33. The number of nitrogens with one attached hydrogen (secondary N) is 1. The Morgan fingerprint density at radius 1 is 1.28 bits per heavy atom. The molecule has 0 aliphatic heterocycles. The molecule has 3 rings (SSSR count). The van der Waals surface area contributed by atoms with Gasteiger partial charge in [-0.25, -0.2) is 5.10 Å². The van der Waals surface area contributed by atoms with Gasteiger partial charge in [0, 0.05) is 12.4 Å². The monoisotopic (exact) mass is 396 g/mol. The quantitative estimate of drug-likeness (QED) is 0.774. The molecule has 1 atom stereocenters. The van der Waals surface area contributed by atoms with E-state index in [2.05, 4.69) is 16.3 Å². The standard InChI is InChI=1S/C21H24N4O4/c1-14(20(28)25(2)21(13-22)10-6-3-7-11-21)29-18(26)12-17-15-8-4-5-9-16(15)19(27)24-23-17/h4-5,8-9,14H,3,6-7,10-12H2,1-2H3,(H,24,27)/t14-/m0/s1. The van der Waals surface area contributed by atoms with Crippen molar-refractivity contribution in [1.82, 2.24) is 15.1 Å². The number of carbonyl (C=O) groups excluding carboxylic acids is 2. The average Bonchev–Trinajstić information content (AvgIpc) is 2.75. The van der Waals surface area contributed by atoms with Gasteiger partial charge >= 0.3 is 5.97 Å². The van der Waals surface area contributed by atoms with Crippen LogP contribution in [0.1, 0.15) is 44.7 Å². The number of benzene rings is 1. The molecule has 1 amide bonds. The number of aromatic nitrogens is 2. The molecule has 2 aromatic rings. The minimum atomic E-state index is -1.02. The number of carbonyl (C=O) groups is 2. The zero-order valence-electron chi connectivity index (χ0n) is 16.6. The number of fused-ring (bicyclic) bond motifs is 1. The van der Waals surface area contributed by atoms with Crippen LogP contribution >= 0.6 is 0 Å². The molecule has 152 valence electrons. The number of H-pyrrole nitrogens is 1. The maximum atomic E-state index is 12.8. The van der Waals surface area contributed by atoms with Crippen molar-refractivity contribution in [3.05, 3.63) is 40.3 Å². The third-order valence-corrected chi connectivity index (χ3v) is 5.60. The molecule has 1 N–H and O–H groups in total. The Balaban J connectivity index is 1.69. The molecule has 0 radical (unpaired) electrons. The van der Waals surface area contributed by atoms with Crippen LogP contribution < -0.4 is 5.56 Å². The lowest BCUT2D eigenvalue weighted by atomic mass is 9.81. The minimum absolute atomic E-state index is 0.179. The summed E-state index contributed by atoms with van der Waals surface area (Å²) in [6.07, 6.45) is 2.89. The molecule has 1 saturated carbocycles. The largest absolute Gasteiger partial charge is 0.452 e. The lowest BCUT2D eigenvalue weighted by Gasteiger charge is -2.39. The number of likely N-dealkylation sites (N-methyl/N-ethyl adjacent to an activating group) is 1. The molecule has 1 fully saturated rings. The van der Waals surface area contributed by atoms with E-state index < -0.39 is 23.5 Å². The van der Waals surface area contributed by atoms with Crippen molar-refractivity contribution < 1.29 is 14.3 Å². The topological polar surface area (TPSA) is 116 Å². The second kappa shape index (κ2) is 8.43. The molecule has 0 bridgehead atoms. The van der Waals surface area contributed by atoms with E-state index in [1.165, 1.54) is 11.8 Å². The predicted molar refractivity (Wildman–Crippen MR) is 106 cm³/mol. The van der Waals surface area contributed by atoms with Crippen molar-refractivity contribution in [2.24, 2.45) is 0 Å². The van der Waals surface area contributed by atoms with E-state index in [0.717, 1.165) is 19.3 Å². The Bertz CT molecular complexity index is 1020. The van der Waals surface area contributed by atoms with E-state index in [0.29, 0.717) is 29.3 Å². The molecule has 1 aliphatic rings. The van der Waals surface area contributed by atoms with Gasteiger partial charge in [-0.05, 0) is 25.8 Å². The third kappa shape index (κ3) is 4.14. The molecule has 1 aliphatic carbocycles. The SMILES string of the molecule is C[C@H](OC(=O)Cc1n[nH]c(=O)c2ccccc12)C(=O)N(C)C1(C#N)CCCCC1. The van der Waals surface area contributed by atoms with Gasteiger partial charge in [0.2, 0.25) is 0 Å². The van der Waals surface area contributed by atoms with Crippen molar-refractivity contribution >= 4 is 22.6 Å². The summed E-state index contributed by atoms with van der Waals surface area (Å²) in [4.78, 5) is 38.5. The van der Waals surface area contributed by atoms with Crippen LogP contribution in [-0.2, 0) is 20.7 Å². The van der Waals surface area contributed by atoms with Crippen LogP contribution in [0.15, 0.2) is 29.1 Å². The second-order valence-corrected chi connectivity index (χ2v) is 7.46. The summed E-state index contributed by atoms with van der Waals surface area (Å²) >= 11 is 0. The van der Waals surface area contributed by atoms with Crippen molar-refractivity contribution in [3.63, 3.8) is 0 Å². The van der Waals surface area contributed by atoms with Crippen LogP contribution in [0.25, 0.3) is 10.8 Å². The Labute approximate surface area is 168 Å². The number of nitriles is 1. The predicted octanol–water partition coefficient (Wildman–Crippen LogP) is 2.08. The fraction of sp³-hybridized carbons (Fsp3) is 0.476. The van der Waals surface area contributed by atoms with Gasteiger partial charge in [0.25, 0.3) is 11.5 Å². The third-order valence-electron chi connectivity index (χ3n) is 5.60. The zero-order valence-corrected chi connectivity index (χ0v) is 16.6. The van der Waals surface area contributed by atoms with Crippen LogP contribution in [0.2, 0.25) is 0 Å². The van der Waals surface area contributed by atoms with Gasteiger partial charge in [-0.3, -0.25) is 14.4 Å². The molecule has 8 nitrogen and oxygen atoms in total. The van der Waals surface area contributed by atoms with Crippen LogP contribution in [-0.4, -0.2) is 45.7 Å². The number of nitrogens with zero attached hydrogens (tertiary/aromatic N) is 3. The lowest BCUT2D eigenvalue weighted by molar-refractivity contribution is -0.160. The van der Waals surface area contributed by atoms with Crippen LogP contribution in [0.4, 0.5) is 0 Å². The Kier molecular flexibility index (Phi) is 5.97. The molecule has 0 unspecified atom stereocenters. The summed E-state index contributed by atoms with van der Waals surface area (Å²) in [5, 5.41) is 17.0. The van der Waals surface area contributed by atoms with Crippen LogP contribution in [0.5, 0.6) is 0 Å². The Morgan fingerprint density at radius 3 is 2.59 bits per heavy atom. The number of esters is 1. The van der Waals surface area contributed by atoms with Gasteiger partial charge in [-0.15, -0.1) is 0 Å². The molecule has 1 heterocycles. The fourth-order valence-corrected chi connectivity index (χ4v) is 3.87. The van der Waals surface area contributed by atoms with Crippen molar-refractivity contribution in [2.75, 3.05) is 7.05 Å². The van der Waals surface area contributed by atoms with Gasteiger partial charge in [-0.2, -0.15) is 10.4 Å². The summed E-state index contributed by atoms with van der Waals surface area (Å²) in [7, 11) is 1.60. The fourth-order valence-electron chi connectivity index (χ4n) is 3.87. The van der Waals surface area contributed by atoms with Crippen molar-refractivity contribution in [3.8, 4) is 6.07 Å². The average molecular weight is 396 g/mol. The van der Waals surface area contributed by atoms with E-state index in [1.54, 1.807) is 31.3 Å². The first kappa shape index (κ1) is 20.5. The van der Waals surface area contributed by atoms with Gasteiger partial charge in [0.15, 0.2) is 6.10 Å². The Morgan fingerprint density at radius 2 is 1.93 bits per heavy atom. The number of ether oxygens (including phenoxy) is 1. The number of hydrogen-bond donors (Lipinski definition) is 1. The smallest absolute Gasteiger partial charge is 0.312 e. The minimum Gasteiger partial charge on any atom is -0.452 e. The Hall–Kier alpha value is -3.21. The van der Waals surface area contributed by atoms with E-state index in [-0.39, 0.29) is 12.0 Å². The number of amides is 1. The normalized spacial score (nSPS) is 16.6. The van der Waals surface area contributed by atoms with Crippen LogP contribution in [0, 0.1) is 11.3 Å². The molecule has 1 aromatic heterocycles. The maximum Gasteiger partial charge on any atom is 0.312 e. The molecular formula is C21H24N4O4. The van der Waals surface area contributed by atoms with Crippen LogP contribution in [0.3, 0.4) is 0 Å². The van der Waals surface area contributed by atoms with Gasteiger partial charge < -0.3 is 9.64 Å². The van der Waals surface area contributed by atoms with Crippen molar-refractivity contribution in [2.45, 2.75) is 57.1 Å². The summed E-state index contributed by atoms with van der Waals surface area (Å²) in [6, 6.07) is 9.14. The summed E-state index contributed by atoms with van der Waals surface area (Å²) in [5.41, 5.74) is -0.802. The van der Waals surface area contributed by atoms with Crippen molar-refractivity contribution in [1.29, 1.82) is 5.26 Å². The first-order chi connectivity index (χ1) is 13.9. The second-order valence-electron chi connectivity index (χ2n) is 7.46. The van der Waals surface area contributed by atoms with Gasteiger partial charge in [0.1, 0.15) is 5.54 Å². The van der Waals surface area contributed by atoms with E-state index >= 15 is 0 Å². The highest BCUT2D eigenvalue weighted by molar-refractivity contribution is 5.88. The molecular weight excluding hydrogens is 372 g/mol. The maximum absolute atomic E-state index is 12.8. The first-order valence-corrected chi connectivity index (χ1v) is 9.73. The summed E-state index contributed by atoms with van der Waals surface area (Å²) in [6.45, 7) is 1.50. The molecule has 0 spiro atoms.